The quantitative estimate of drug-likeness (QED) is 0.578. The van der Waals surface area contributed by atoms with Crippen LogP contribution in [-0.2, 0) is 6.42 Å². The van der Waals surface area contributed by atoms with Crippen molar-refractivity contribution in [2.24, 2.45) is 5.73 Å². The first-order valence-electron chi connectivity index (χ1n) is 9.95. The third kappa shape index (κ3) is 3.86. The third-order valence-corrected chi connectivity index (χ3v) is 6.15. The summed E-state index contributed by atoms with van der Waals surface area (Å²) >= 11 is 6.22. The molecule has 4 N–H and O–H groups in total. The number of halogens is 1. The van der Waals surface area contributed by atoms with E-state index in [1.165, 1.54) is 6.07 Å². The van der Waals surface area contributed by atoms with Crippen molar-refractivity contribution in [2.75, 3.05) is 0 Å². The summed E-state index contributed by atoms with van der Waals surface area (Å²) in [4.78, 5) is 39.2. The lowest BCUT2D eigenvalue weighted by molar-refractivity contribution is 0.0932. The molecular formula is C22H22ClN5O3. The molecular weight excluding hydrogens is 418 g/mol. The van der Waals surface area contributed by atoms with Crippen LogP contribution in [0, 0.1) is 13.8 Å². The first kappa shape index (κ1) is 20.9. The summed E-state index contributed by atoms with van der Waals surface area (Å²) in [5.41, 5.74) is 9.01. The number of hydrogen-bond donors (Lipinski definition) is 3. The largest absolute Gasteiger partial charge is 0.365 e. The van der Waals surface area contributed by atoms with Gasteiger partial charge in [0.15, 0.2) is 0 Å². The van der Waals surface area contributed by atoms with Crippen LogP contribution in [0.4, 0.5) is 0 Å². The van der Waals surface area contributed by atoms with E-state index >= 15 is 0 Å². The Morgan fingerprint density at radius 3 is 2.58 bits per heavy atom. The molecule has 0 saturated carbocycles. The Bertz CT molecular complexity index is 1240. The molecule has 2 aromatic heterocycles. The molecule has 3 aromatic rings. The monoisotopic (exact) mass is 439 g/mol. The lowest BCUT2D eigenvalue weighted by Gasteiger charge is -2.26. The topological polar surface area (TPSA) is 123 Å². The zero-order chi connectivity index (χ0) is 22.3. The van der Waals surface area contributed by atoms with E-state index in [4.69, 9.17) is 17.3 Å². The fourth-order valence-corrected chi connectivity index (χ4v) is 4.06. The average molecular weight is 440 g/mol. The zero-order valence-electron chi connectivity index (χ0n) is 17.2. The highest BCUT2D eigenvalue weighted by molar-refractivity contribution is 6.31. The van der Waals surface area contributed by atoms with Crippen LogP contribution >= 0.6 is 11.6 Å². The first-order valence-corrected chi connectivity index (χ1v) is 10.3. The maximum atomic E-state index is 12.9. The minimum atomic E-state index is -0.792. The highest BCUT2D eigenvalue weighted by Gasteiger charge is 2.25. The number of nitrogens with two attached hydrogens (primary N) is 1. The number of rotatable bonds is 4. The molecule has 0 saturated heterocycles. The van der Waals surface area contributed by atoms with E-state index in [0.717, 1.165) is 34.8 Å². The minimum absolute atomic E-state index is 0.104. The number of nitrogens with one attached hydrogen (secondary N) is 2. The van der Waals surface area contributed by atoms with Crippen LogP contribution in [0.3, 0.4) is 0 Å². The molecule has 1 aliphatic rings. The summed E-state index contributed by atoms with van der Waals surface area (Å²) in [6.07, 6.45) is 2.18. The predicted octanol–water partition coefficient (Wildman–Crippen LogP) is 2.74. The number of aromatic amines is 1. The highest BCUT2D eigenvalue weighted by Crippen LogP contribution is 2.29. The fraction of sp³-hybridized carbons (Fsp3) is 0.273. The van der Waals surface area contributed by atoms with E-state index in [2.05, 4.69) is 15.4 Å². The van der Waals surface area contributed by atoms with Gasteiger partial charge in [-0.1, -0.05) is 11.6 Å². The van der Waals surface area contributed by atoms with Crippen molar-refractivity contribution in [2.45, 2.75) is 39.2 Å². The van der Waals surface area contributed by atoms with Crippen LogP contribution in [-0.4, -0.2) is 26.6 Å². The number of carbonyl (C=O) groups excluding carboxylic acids is 2. The van der Waals surface area contributed by atoms with Gasteiger partial charge in [-0.05, 0) is 69.0 Å². The molecule has 1 aromatic carbocycles. The van der Waals surface area contributed by atoms with Gasteiger partial charge in [0, 0.05) is 11.3 Å². The minimum Gasteiger partial charge on any atom is -0.365 e. The maximum Gasteiger partial charge on any atom is 0.261 e. The van der Waals surface area contributed by atoms with E-state index < -0.39 is 11.5 Å². The van der Waals surface area contributed by atoms with Gasteiger partial charge >= 0.3 is 0 Å². The van der Waals surface area contributed by atoms with Crippen LogP contribution < -0.4 is 16.6 Å². The smallest absolute Gasteiger partial charge is 0.261 e. The summed E-state index contributed by atoms with van der Waals surface area (Å²) in [5.74, 6) is -1.04. The molecule has 4 rings (SSSR count). The molecule has 0 spiro atoms. The lowest BCUT2D eigenvalue weighted by atomic mass is 9.90. The van der Waals surface area contributed by atoms with Gasteiger partial charge in [0.25, 0.3) is 17.4 Å². The van der Waals surface area contributed by atoms with Crippen LogP contribution in [0.15, 0.2) is 35.1 Å². The number of pyridine rings is 1. The number of fused-ring (bicyclic) bond motifs is 1. The molecule has 1 aliphatic carbocycles. The van der Waals surface area contributed by atoms with E-state index in [1.54, 1.807) is 16.8 Å². The lowest BCUT2D eigenvalue weighted by Crippen LogP contribution is -2.34. The van der Waals surface area contributed by atoms with Gasteiger partial charge in [0.1, 0.15) is 5.56 Å². The number of H-pyrrole nitrogens is 1. The second kappa shape index (κ2) is 8.03. The molecule has 2 amide bonds. The summed E-state index contributed by atoms with van der Waals surface area (Å²) in [6.45, 7) is 3.72. The highest BCUT2D eigenvalue weighted by atomic mass is 35.5. The SMILES string of the molecule is Cc1nn(-c2ccc(C(=O)NC3CCCc4[nH]c(=O)c(C(N)=O)cc43)cc2)c(C)c1Cl. The molecule has 0 bridgehead atoms. The van der Waals surface area contributed by atoms with Crippen LogP contribution in [0.2, 0.25) is 5.02 Å². The van der Waals surface area contributed by atoms with E-state index in [0.29, 0.717) is 23.4 Å². The van der Waals surface area contributed by atoms with E-state index in [1.807, 2.05) is 26.0 Å². The van der Waals surface area contributed by atoms with Crippen molar-refractivity contribution in [3.05, 3.63) is 79.5 Å². The molecule has 9 heteroatoms. The summed E-state index contributed by atoms with van der Waals surface area (Å²) in [5, 5.41) is 8.04. The molecule has 160 valence electrons. The molecule has 31 heavy (non-hydrogen) atoms. The Kier molecular flexibility index (Phi) is 5.41. The van der Waals surface area contributed by atoms with Crippen molar-refractivity contribution in [3.8, 4) is 5.69 Å². The van der Waals surface area contributed by atoms with Crippen LogP contribution in [0.25, 0.3) is 5.69 Å². The van der Waals surface area contributed by atoms with Gasteiger partial charge in [-0.25, -0.2) is 4.68 Å². The normalized spacial score (nSPS) is 15.4. The molecule has 8 nitrogen and oxygen atoms in total. The molecule has 0 radical (unpaired) electrons. The number of carbonyl (C=O) groups is 2. The Morgan fingerprint density at radius 2 is 1.97 bits per heavy atom. The van der Waals surface area contributed by atoms with Crippen LogP contribution in [0.5, 0.6) is 0 Å². The number of aromatic nitrogens is 3. The van der Waals surface area contributed by atoms with Crippen molar-refractivity contribution < 1.29 is 9.59 Å². The summed E-state index contributed by atoms with van der Waals surface area (Å²) in [6, 6.07) is 8.24. The van der Waals surface area contributed by atoms with Gasteiger partial charge < -0.3 is 16.0 Å². The average Bonchev–Trinajstić information content (AvgIpc) is 3.00. The third-order valence-electron chi connectivity index (χ3n) is 5.60. The van der Waals surface area contributed by atoms with Gasteiger partial charge in [-0.15, -0.1) is 0 Å². The number of nitrogens with zero attached hydrogens (tertiary/aromatic N) is 2. The van der Waals surface area contributed by atoms with Crippen molar-refractivity contribution in [1.82, 2.24) is 20.1 Å². The number of benzene rings is 1. The number of hydrogen-bond acceptors (Lipinski definition) is 4. The molecule has 0 fully saturated rings. The van der Waals surface area contributed by atoms with Crippen molar-refractivity contribution >= 4 is 23.4 Å². The second-order valence-corrected chi connectivity index (χ2v) is 8.05. The second-order valence-electron chi connectivity index (χ2n) is 7.67. The standard InChI is InChI=1S/C22H22ClN5O3/c1-11-19(23)12(2)28(27-11)14-8-6-13(7-9-14)21(30)25-17-4-3-5-18-15(17)10-16(20(24)29)22(31)26-18/h6-10,17H,3-5H2,1-2H3,(H2,24,29)(H,25,30)(H,26,31). The molecule has 1 unspecified atom stereocenters. The first-order chi connectivity index (χ1) is 14.8. The van der Waals surface area contributed by atoms with E-state index in [-0.39, 0.29) is 17.5 Å². The van der Waals surface area contributed by atoms with Crippen LogP contribution in [0.1, 0.15) is 62.2 Å². The molecule has 0 aliphatic heterocycles. The Morgan fingerprint density at radius 1 is 1.26 bits per heavy atom. The Labute approximate surface area is 183 Å². The summed E-state index contributed by atoms with van der Waals surface area (Å²) < 4.78 is 1.73. The van der Waals surface area contributed by atoms with E-state index in [9.17, 15) is 14.4 Å². The van der Waals surface area contributed by atoms with Gasteiger partial charge in [0.05, 0.1) is 28.1 Å². The van der Waals surface area contributed by atoms with Crippen molar-refractivity contribution in [1.29, 1.82) is 0 Å². The fourth-order valence-electron chi connectivity index (χ4n) is 3.94. The van der Waals surface area contributed by atoms with Gasteiger partial charge in [-0.3, -0.25) is 14.4 Å². The molecule has 1 atom stereocenters. The Hall–Kier alpha value is -3.39. The van der Waals surface area contributed by atoms with Crippen molar-refractivity contribution in [3.63, 3.8) is 0 Å². The maximum absolute atomic E-state index is 12.9. The van der Waals surface area contributed by atoms with Gasteiger partial charge in [-0.2, -0.15) is 5.10 Å². The van der Waals surface area contributed by atoms with Gasteiger partial charge in [0.2, 0.25) is 0 Å². The number of amides is 2. The number of primary amides is 1. The molecule has 2 heterocycles. The number of aryl methyl sites for hydroxylation is 2. The predicted molar refractivity (Wildman–Crippen MR) is 117 cm³/mol. The Balaban J connectivity index is 1.57. The zero-order valence-corrected chi connectivity index (χ0v) is 17.9. The summed E-state index contributed by atoms with van der Waals surface area (Å²) in [7, 11) is 0.